The molecule has 38 valence electrons. The molecule has 2 heteroatoms. The Balaban J connectivity index is 0. The smallest absolute Gasteiger partial charge is 0.342 e. The van der Waals surface area contributed by atoms with Crippen molar-refractivity contribution in [1.82, 2.24) is 4.90 Å². The minimum absolute atomic E-state index is 0. The third kappa shape index (κ3) is 10.8. The van der Waals surface area contributed by atoms with Crippen LogP contribution in [0.25, 0.3) is 0 Å². The molecule has 0 spiro atoms. The second-order valence-corrected chi connectivity index (χ2v) is 1.66. The minimum atomic E-state index is 0. The molecule has 7 heavy (non-hydrogen) atoms. The van der Waals surface area contributed by atoms with Crippen molar-refractivity contribution < 1.29 is 18.9 Å². The van der Waals surface area contributed by atoms with Crippen molar-refractivity contribution in [3.63, 3.8) is 0 Å². The van der Waals surface area contributed by atoms with Gasteiger partial charge >= 0.3 is 18.9 Å². The molecule has 0 rings (SSSR count). The standard InChI is InChI=1S/C5H12N.Li/c1-4-5-6(2)3;/h1,4-5H2,2-3H3;/q-1;+1. The van der Waals surface area contributed by atoms with Gasteiger partial charge in [0.15, 0.2) is 0 Å². The van der Waals surface area contributed by atoms with E-state index in [0.29, 0.717) is 0 Å². The molecule has 0 aliphatic carbocycles. The van der Waals surface area contributed by atoms with Crippen LogP contribution in [-0.4, -0.2) is 25.5 Å². The molecule has 0 amide bonds. The number of nitrogens with zero attached hydrogens (tertiary/aromatic N) is 1. The molecule has 0 aliphatic rings. The molecule has 0 radical (unpaired) electrons. The summed E-state index contributed by atoms with van der Waals surface area (Å²) in [7, 11) is 4.09. The fourth-order valence-corrected chi connectivity index (χ4v) is 0.316. The molecule has 0 aliphatic heterocycles. The van der Waals surface area contributed by atoms with Gasteiger partial charge in [0.05, 0.1) is 0 Å². The maximum Gasteiger partial charge on any atom is 1.00 e. The van der Waals surface area contributed by atoms with Gasteiger partial charge in [0.25, 0.3) is 0 Å². The molecule has 0 saturated carbocycles. The Morgan fingerprint density at radius 1 is 1.43 bits per heavy atom. The van der Waals surface area contributed by atoms with Crippen LogP contribution in [0.3, 0.4) is 0 Å². The van der Waals surface area contributed by atoms with E-state index >= 15 is 0 Å². The van der Waals surface area contributed by atoms with E-state index < -0.39 is 0 Å². The third-order valence-electron chi connectivity index (χ3n) is 0.605. The molecule has 0 aromatic rings. The summed E-state index contributed by atoms with van der Waals surface area (Å²) in [5, 5.41) is 0. The van der Waals surface area contributed by atoms with Gasteiger partial charge in [0.2, 0.25) is 0 Å². The van der Waals surface area contributed by atoms with Gasteiger partial charge < -0.3 is 11.8 Å². The first-order chi connectivity index (χ1) is 2.77. The Kier molecular flexibility index (Phi) is 9.86. The van der Waals surface area contributed by atoms with Gasteiger partial charge in [0, 0.05) is 0 Å². The third-order valence-corrected chi connectivity index (χ3v) is 0.605. The van der Waals surface area contributed by atoms with Crippen molar-refractivity contribution in [3.05, 3.63) is 6.92 Å². The first-order valence-electron chi connectivity index (χ1n) is 2.21. The average Bonchev–Trinajstić information content (AvgIpc) is 1.35. The summed E-state index contributed by atoms with van der Waals surface area (Å²) >= 11 is 0. The molecule has 0 heterocycles. The van der Waals surface area contributed by atoms with Crippen molar-refractivity contribution in [2.75, 3.05) is 20.6 Å². The maximum absolute atomic E-state index is 3.68. The van der Waals surface area contributed by atoms with Crippen LogP contribution in [0.4, 0.5) is 0 Å². The van der Waals surface area contributed by atoms with E-state index in [0.717, 1.165) is 13.0 Å². The van der Waals surface area contributed by atoms with Crippen LogP contribution in [0.15, 0.2) is 0 Å². The summed E-state index contributed by atoms with van der Waals surface area (Å²) in [6.07, 6.45) is 1.01. The van der Waals surface area contributed by atoms with Crippen molar-refractivity contribution in [1.29, 1.82) is 0 Å². The zero-order valence-corrected chi connectivity index (χ0v) is 5.57. The summed E-state index contributed by atoms with van der Waals surface area (Å²) in [6, 6.07) is 0. The van der Waals surface area contributed by atoms with E-state index in [-0.39, 0.29) is 18.9 Å². The molecule has 0 aromatic heterocycles. The van der Waals surface area contributed by atoms with Gasteiger partial charge in [-0.05, 0) is 20.6 Å². The first kappa shape index (κ1) is 10.5. The largest absolute Gasteiger partial charge is 1.00 e. The summed E-state index contributed by atoms with van der Waals surface area (Å²) in [4.78, 5) is 2.12. The second kappa shape index (κ2) is 6.56. The SMILES string of the molecule is [CH2-]CCN(C)C.[Li+]. The zero-order valence-electron chi connectivity index (χ0n) is 5.57. The molecule has 0 aromatic carbocycles. The van der Waals surface area contributed by atoms with E-state index in [1.165, 1.54) is 0 Å². The predicted octanol–water partition coefficient (Wildman–Crippen LogP) is -2.22. The van der Waals surface area contributed by atoms with E-state index in [2.05, 4.69) is 11.8 Å². The number of hydrogen-bond donors (Lipinski definition) is 0. The van der Waals surface area contributed by atoms with Crippen molar-refractivity contribution in [3.8, 4) is 0 Å². The molecule has 1 nitrogen and oxygen atoms in total. The van der Waals surface area contributed by atoms with Gasteiger partial charge in [-0.1, -0.05) is 0 Å². The molecular weight excluding hydrogens is 81.0 g/mol. The monoisotopic (exact) mass is 93.1 g/mol. The minimum Gasteiger partial charge on any atom is -0.342 e. The van der Waals surface area contributed by atoms with Crippen LogP contribution in [0.1, 0.15) is 6.42 Å². The molecule has 0 atom stereocenters. The van der Waals surface area contributed by atoms with Crippen LogP contribution in [0, 0.1) is 6.92 Å². The predicted molar refractivity (Wildman–Crippen MR) is 28.5 cm³/mol. The quantitative estimate of drug-likeness (QED) is 0.276. The Morgan fingerprint density at radius 2 is 1.86 bits per heavy atom. The van der Waals surface area contributed by atoms with Crippen LogP contribution in [0.2, 0.25) is 0 Å². The van der Waals surface area contributed by atoms with Gasteiger partial charge in [-0.2, -0.15) is 6.42 Å². The number of rotatable bonds is 2. The summed E-state index contributed by atoms with van der Waals surface area (Å²) < 4.78 is 0. The summed E-state index contributed by atoms with van der Waals surface area (Å²) in [5.74, 6) is 0. The van der Waals surface area contributed by atoms with E-state index in [4.69, 9.17) is 0 Å². The van der Waals surface area contributed by atoms with Crippen molar-refractivity contribution >= 4 is 0 Å². The molecule has 0 saturated heterocycles. The van der Waals surface area contributed by atoms with Crippen molar-refractivity contribution in [2.24, 2.45) is 0 Å². The van der Waals surface area contributed by atoms with Gasteiger partial charge in [0.1, 0.15) is 0 Å². The molecule has 0 bridgehead atoms. The Hall–Kier alpha value is 0.557. The molecule has 0 fully saturated rings. The zero-order chi connectivity index (χ0) is 4.99. The summed E-state index contributed by atoms with van der Waals surface area (Å²) in [6.45, 7) is 4.78. The Labute approximate surface area is 58.3 Å². The van der Waals surface area contributed by atoms with Crippen LogP contribution in [0.5, 0.6) is 0 Å². The molecule has 0 N–H and O–H groups in total. The Morgan fingerprint density at radius 3 is 1.86 bits per heavy atom. The van der Waals surface area contributed by atoms with E-state index in [1.807, 2.05) is 14.1 Å². The average molecular weight is 93.1 g/mol. The van der Waals surface area contributed by atoms with Crippen LogP contribution in [-0.2, 0) is 0 Å². The first-order valence-corrected chi connectivity index (χ1v) is 2.21. The fraction of sp³-hybridized carbons (Fsp3) is 0.800. The van der Waals surface area contributed by atoms with Crippen molar-refractivity contribution in [2.45, 2.75) is 6.42 Å². The Bertz CT molecular complexity index is 29.3. The number of hydrogen-bond acceptors (Lipinski definition) is 1. The van der Waals surface area contributed by atoms with Gasteiger partial charge in [-0.15, -0.1) is 0 Å². The summed E-state index contributed by atoms with van der Waals surface area (Å²) in [5.41, 5.74) is 0. The van der Waals surface area contributed by atoms with E-state index in [9.17, 15) is 0 Å². The normalized spacial score (nSPS) is 8.57. The van der Waals surface area contributed by atoms with Gasteiger partial charge in [-0.3, -0.25) is 0 Å². The van der Waals surface area contributed by atoms with E-state index in [1.54, 1.807) is 0 Å². The topological polar surface area (TPSA) is 3.24 Å². The van der Waals surface area contributed by atoms with Crippen LogP contribution < -0.4 is 18.9 Å². The fourth-order valence-electron chi connectivity index (χ4n) is 0.316. The van der Waals surface area contributed by atoms with Crippen LogP contribution >= 0.6 is 0 Å². The molecular formula is C5H12LiN. The molecule has 0 unspecified atom stereocenters. The maximum atomic E-state index is 3.68. The second-order valence-electron chi connectivity index (χ2n) is 1.66. The van der Waals surface area contributed by atoms with Gasteiger partial charge in [-0.25, -0.2) is 0 Å².